The molecule has 0 aromatic heterocycles. The number of anilines is 1. The molecule has 1 N–H and O–H groups in total. The molecule has 3 aromatic rings. The Morgan fingerprint density at radius 2 is 1.81 bits per heavy atom. The predicted octanol–water partition coefficient (Wildman–Crippen LogP) is 5.42. The van der Waals surface area contributed by atoms with Gasteiger partial charge in [0.25, 0.3) is 5.91 Å². The number of halogens is 1. The first kappa shape index (κ1) is 21.3. The zero-order valence-electron chi connectivity index (χ0n) is 17.2. The fourth-order valence-corrected chi connectivity index (χ4v) is 3.43. The predicted molar refractivity (Wildman–Crippen MR) is 124 cm³/mol. The molecule has 160 valence electrons. The number of ether oxygens (including phenoxy) is 1. The van der Waals surface area contributed by atoms with E-state index in [-0.39, 0.29) is 16.5 Å². The Hall–Kier alpha value is -3.90. The van der Waals surface area contributed by atoms with Crippen LogP contribution in [0.25, 0.3) is 6.08 Å². The van der Waals surface area contributed by atoms with Crippen molar-refractivity contribution in [1.82, 2.24) is 0 Å². The number of hydrogen-bond acceptors (Lipinski definition) is 4. The SMILES string of the molecule is CC1=NN(c2ccc(Cl)c(C(=O)O)c2)C(=O)/C1=C/c1ccc(OCc2ccccc2)cc1. The first-order valence-electron chi connectivity index (χ1n) is 9.84. The Bertz CT molecular complexity index is 1230. The van der Waals surface area contributed by atoms with Gasteiger partial charge in [0.15, 0.2) is 0 Å². The monoisotopic (exact) mass is 446 g/mol. The van der Waals surface area contributed by atoms with E-state index in [1.807, 2.05) is 54.6 Å². The summed E-state index contributed by atoms with van der Waals surface area (Å²) in [5.41, 5.74) is 3.10. The van der Waals surface area contributed by atoms with Crippen LogP contribution < -0.4 is 9.75 Å². The Morgan fingerprint density at radius 1 is 1.09 bits per heavy atom. The van der Waals surface area contributed by atoms with Gasteiger partial charge in [-0.3, -0.25) is 4.79 Å². The minimum Gasteiger partial charge on any atom is -0.489 e. The first-order chi connectivity index (χ1) is 15.4. The number of hydrogen-bond donors (Lipinski definition) is 1. The van der Waals surface area contributed by atoms with E-state index in [0.29, 0.717) is 23.6 Å². The van der Waals surface area contributed by atoms with Crippen LogP contribution in [0.2, 0.25) is 5.02 Å². The average molecular weight is 447 g/mol. The second-order valence-electron chi connectivity index (χ2n) is 7.17. The Labute approximate surface area is 190 Å². The van der Waals surface area contributed by atoms with Crippen LogP contribution in [-0.2, 0) is 11.4 Å². The van der Waals surface area contributed by atoms with Crippen LogP contribution in [0.1, 0.15) is 28.4 Å². The van der Waals surface area contributed by atoms with Gasteiger partial charge in [0.1, 0.15) is 12.4 Å². The Morgan fingerprint density at radius 3 is 2.50 bits per heavy atom. The van der Waals surface area contributed by atoms with Crippen LogP contribution in [0, 0.1) is 0 Å². The largest absolute Gasteiger partial charge is 0.489 e. The fraction of sp³-hybridized carbons (Fsp3) is 0.0800. The van der Waals surface area contributed by atoms with Crippen LogP contribution in [0.5, 0.6) is 5.75 Å². The van der Waals surface area contributed by atoms with Gasteiger partial charge in [0.05, 0.1) is 27.6 Å². The van der Waals surface area contributed by atoms with Gasteiger partial charge in [0.2, 0.25) is 0 Å². The van der Waals surface area contributed by atoms with E-state index in [1.165, 1.54) is 17.1 Å². The third kappa shape index (κ3) is 4.55. The number of carbonyl (C=O) groups excluding carboxylic acids is 1. The highest BCUT2D eigenvalue weighted by atomic mass is 35.5. The minimum absolute atomic E-state index is 0.0895. The van der Waals surface area contributed by atoms with E-state index in [1.54, 1.807) is 19.1 Å². The molecule has 6 nitrogen and oxygen atoms in total. The molecule has 0 saturated carbocycles. The Balaban J connectivity index is 1.50. The summed E-state index contributed by atoms with van der Waals surface area (Å²) in [4.78, 5) is 24.3. The van der Waals surface area contributed by atoms with Gasteiger partial charge in [-0.05, 0) is 54.5 Å². The lowest BCUT2D eigenvalue weighted by Gasteiger charge is -2.13. The van der Waals surface area contributed by atoms with E-state index in [2.05, 4.69) is 5.10 Å². The Kier molecular flexibility index (Phi) is 6.05. The fourth-order valence-electron chi connectivity index (χ4n) is 3.24. The molecule has 0 fully saturated rings. The van der Waals surface area contributed by atoms with Crippen molar-refractivity contribution in [3.8, 4) is 5.75 Å². The first-order valence-corrected chi connectivity index (χ1v) is 10.2. The summed E-state index contributed by atoms with van der Waals surface area (Å²) in [7, 11) is 0. The molecule has 7 heteroatoms. The number of carboxylic acids is 1. The molecule has 0 bridgehead atoms. The zero-order chi connectivity index (χ0) is 22.7. The zero-order valence-corrected chi connectivity index (χ0v) is 17.9. The van der Waals surface area contributed by atoms with E-state index >= 15 is 0 Å². The lowest BCUT2D eigenvalue weighted by atomic mass is 10.1. The quantitative estimate of drug-likeness (QED) is 0.512. The van der Waals surface area contributed by atoms with Crippen LogP contribution >= 0.6 is 11.6 Å². The van der Waals surface area contributed by atoms with E-state index in [9.17, 15) is 14.7 Å². The molecule has 0 aliphatic carbocycles. The van der Waals surface area contributed by atoms with E-state index in [0.717, 1.165) is 16.9 Å². The normalized spacial score (nSPS) is 14.6. The van der Waals surface area contributed by atoms with Crippen LogP contribution in [-0.4, -0.2) is 22.7 Å². The van der Waals surface area contributed by atoms with Crippen molar-refractivity contribution >= 4 is 41.0 Å². The smallest absolute Gasteiger partial charge is 0.337 e. The van der Waals surface area contributed by atoms with Gasteiger partial charge in [-0.15, -0.1) is 0 Å². The van der Waals surface area contributed by atoms with Gasteiger partial charge in [-0.2, -0.15) is 10.1 Å². The second-order valence-corrected chi connectivity index (χ2v) is 7.58. The number of benzene rings is 3. The molecule has 1 heterocycles. The molecule has 32 heavy (non-hydrogen) atoms. The molecule has 0 unspecified atom stereocenters. The third-order valence-corrected chi connectivity index (χ3v) is 5.26. The molecular formula is C25H19ClN2O4. The van der Waals surface area contributed by atoms with Gasteiger partial charge in [-0.25, -0.2) is 4.79 Å². The van der Waals surface area contributed by atoms with Crippen molar-refractivity contribution in [1.29, 1.82) is 0 Å². The minimum atomic E-state index is -1.17. The van der Waals surface area contributed by atoms with Gasteiger partial charge < -0.3 is 9.84 Å². The standard InChI is InChI=1S/C25H19ClN2O4/c1-16-21(24(29)28(27-16)19-9-12-23(26)22(14-19)25(30)31)13-17-7-10-20(11-8-17)32-15-18-5-3-2-4-6-18/h2-14H,15H2,1H3,(H,30,31)/b21-13+. The molecule has 0 saturated heterocycles. The number of amides is 1. The van der Waals surface area contributed by atoms with Gasteiger partial charge >= 0.3 is 5.97 Å². The maximum absolute atomic E-state index is 13.0. The van der Waals surface area contributed by atoms with Gasteiger partial charge in [-0.1, -0.05) is 54.1 Å². The molecule has 4 rings (SSSR count). The lowest BCUT2D eigenvalue weighted by molar-refractivity contribution is -0.114. The summed E-state index contributed by atoms with van der Waals surface area (Å²) in [6.45, 7) is 2.20. The molecule has 0 atom stereocenters. The van der Waals surface area contributed by atoms with Crippen molar-refractivity contribution in [3.05, 3.63) is 100 Å². The average Bonchev–Trinajstić information content (AvgIpc) is 3.08. The highest BCUT2D eigenvalue weighted by Crippen LogP contribution is 2.29. The molecule has 1 amide bonds. The van der Waals surface area contributed by atoms with Crippen molar-refractivity contribution in [2.45, 2.75) is 13.5 Å². The van der Waals surface area contributed by atoms with Gasteiger partial charge in [0, 0.05) is 0 Å². The summed E-state index contributed by atoms with van der Waals surface area (Å²) in [5.74, 6) is -0.789. The second kappa shape index (κ2) is 9.08. The summed E-state index contributed by atoms with van der Waals surface area (Å²) < 4.78 is 5.80. The maximum atomic E-state index is 13.0. The molecule has 3 aromatic carbocycles. The van der Waals surface area contributed by atoms with E-state index < -0.39 is 5.97 Å². The summed E-state index contributed by atoms with van der Waals surface area (Å²) in [6.07, 6.45) is 1.75. The van der Waals surface area contributed by atoms with Crippen LogP contribution in [0.4, 0.5) is 5.69 Å². The maximum Gasteiger partial charge on any atom is 0.337 e. The summed E-state index contributed by atoms with van der Waals surface area (Å²) in [6, 6.07) is 21.6. The van der Waals surface area contributed by atoms with Crippen molar-refractivity contribution in [2.75, 3.05) is 5.01 Å². The van der Waals surface area contributed by atoms with Crippen molar-refractivity contribution in [2.24, 2.45) is 5.10 Å². The number of carboxylic acid groups (broad SMARTS) is 1. The molecular weight excluding hydrogens is 428 g/mol. The summed E-state index contributed by atoms with van der Waals surface area (Å²) in [5, 5.41) is 14.9. The highest BCUT2D eigenvalue weighted by molar-refractivity contribution is 6.34. The molecule has 1 aliphatic heterocycles. The highest BCUT2D eigenvalue weighted by Gasteiger charge is 2.29. The number of hydrazone groups is 1. The number of aromatic carboxylic acids is 1. The topological polar surface area (TPSA) is 79.2 Å². The van der Waals surface area contributed by atoms with E-state index in [4.69, 9.17) is 16.3 Å². The lowest BCUT2D eigenvalue weighted by Crippen LogP contribution is -2.21. The number of nitrogens with zero attached hydrogens (tertiary/aromatic N) is 2. The van der Waals surface area contributed by atoms with Crippen LogP contribution in [0.15, 0.2) is 83.5 Å². The summed E-state index contributed by atoms with van der Waals surface area (Å²) >= 11 is 5.93. The van der Waals surface area contributed by atoms with Crippen molar-refractivity contribution < 1.29 is 19.4 Å². The number of carbonyl (C=O) groups is 2. The molecule has 0 radical (unpaired) electrons. The van der Waals surface area contributed by atoms with Crippen molar-refractivity contribution in [3.63, 3.8) is 0 Å². The number of rotatable bonds is 6. The molecule has 1 aliphatic rings. The van der Waals surface area contributed by atoms with Crippen LogP contribution in [0.3, 0.4) is 0 Å². The molecule has 0 spiro atoms. The third-order valence-electron chi connectivity index (χ3n) is 4.93.